The molecule has 0 aromatic carbocycles. The van der Waals surface area contributed by atoms with Crippen molar-refractivity contribution in [3.8, 4) is 0 Å². The van der Waals surface area contributed by atoms with E-state index in [9.17, 15) is 9.59 Å². The van der Waals surface area contributed by atoms with E-state index in [1.54, 1.807) is 9.80 Å². The highest BCUT2D eigenvalue weighted by Gasteiger charge is 2.37. The molecular weight excluding hydrogens is 220 g/mol. The summed E-state index contributed by atoms with van der Waals surface area (Å²) >= 11 is 0. The first-order valence-corrected chi connectivity index (χ1v) is 5.98. The quantitative estimate of drug-likeness (QED) is 0.635. The highest BCUT2D eigenvalue weighted by Crippen LogP contribution is 2.14. The van der Waals surface area contributed by atoms with Crippen molar-refractivity contribution in [1.82, 2.24) is 20.4 Å². The standard InChI is InChI=1S/C11H20N4O2/c1-11(2,3)13-10(17)14-4-5-15-8(7-14)6-12-9(15)16/h8H,4-7H2,1-3H3,(H,12,16)(H,13,17). The van der Waals surface area contributed by atoms with Crippen LogP contribution in [0.3, 0.4) is 0 Å². The minimum Gasteiger partial charge on any atom is -0.336 e. The zero-order valence-corrected chi connectivity index (χ0v) is 10.6. The molecule has 0 spiro atoms. The Morgan fingerprint density at radius 2 is 2.12 bits per heavy atom. The molecular formula is C11H20N4O2. The van der Waals surface area contributed by atoms with E-state index in [-0.39, 0.29) is 23.6 Å². The van der Waals surface area contributed by atoms with Crippen LogP contribution in [0.4, 0.5) is 9.59 Å². The summed E-state index contributed by atoms with van der Waals surface area (Å²) < 4.78 is 0. The van der Waals surface area contributed by atoms with Gasteiger partial charge in [0.05, 0.1) is 6.04 Å². The molecule has 96 valence electrons. The summed E-state index contributed by atoms with van der Waals surface area (Å²) in [6.45, 7) is 8.35. The van der Waals surface area contributed by atoms with Gasteiger partial charge in [0.15, 0.2) is 0 Å². The molecule has 6 nitrogen and oxygen atoms in total. The summed E-state index contributed by atoms with van der Waals surface area (Å²) in [6.07, 6.45) is 0. The second-order valence-electron chi connectivity index (χ2n) is 5.66. The Morgan fingerprint density at radius 3 is 2.76 bits per heavy atom. The number of amides is 4. The van der Waals surface area contributed by atoms with Gasteiger partial charge in [-0.15, -0.1) is 0 Å². The maximum atomic E-state index is 12.0. The molecule has 17 heavy (non-hydrogen) atoms. The van der Waals surface area contributed by atoms with Gasteiger partial charge in [0, 0.05) is 31.7 Å². The van der Waals surface area contributed by atoms with E-state index in [0.717, 1.165) is 0 Å². The average Bonchev–Trinajstić information content (AvgIpc) is 2.57. The van der Waals surface area contributed by atoms with Gasteiger partial charge in [-0.3, -0.25) is 0 Å². The van der Waals surface area contributed by atoms with Crippen LogP contribution in [0, 0.1) is 0 Å². The lowest BCUT2D eigenvalue weighted by atomic mass is 10.1. The highest BCUT2D eigenvalue weighted by atomic mass is 16.2. The Balaban J connectivity index is 1.93. The van der Waals surface area contributed by atoms with Crippen LogP contribution in [-0.2, 0) is 0 Å². The fourth-order valence-corrected chi connectivity index (χ4v) is 2.19. The van der Waals surface area contributed by atoms with Crippen molar-refractivity contribution >= 4 is 12.1 Å². The van der Waals surface area contributed by atoms with Crippen molar-refractivity contribution in [2.75, 3.05) is 26.2 Å². The van der Waals surface area contributed by atoms with Crippen LogP contribution < -0.4 is 10.6 Å². The van der Waals surface area contributed by atoms with E-state index < -0.39 is 0 Å². The molecule has 0 aromatic rings. The van der Waals surface area contributed by atoms with Gasteiger partial charge < -0.3 is 20.4 Å². The summed E-state index contributed by atoms with van der Waals surface area (Å²) in [6, 6.07) is 0.0735. The number of rotatable bonds is 0. The molecule has 2 aliphatic heterocycles. The number of nitrogens with one attached hydrogen (secondary N) is 2. The molecule has 6 heteroatoms. The molecule has 2 aliphatic rings. The Hall–Kier alpha value is -1.46. The molecule has 0 aliphatic carbocycles. The third-order valence-electron chi connectivity index (χ3n) is 3.00. The summed E-state index contributed by atoms with van der Waals surface area (Å²) in [4.78, 5) is 27.0. The Kier molecular flexibility index (Phi) is 2.89. The van der Waals surface area contributed by atoms with E-state index in [1.807, 2.05) is 20.8 Å². The first kappa shape index (κ1) is 12.0. The lowest BCUT2D eigenvalue weighted by Gasteiger charge is -2.37. The third kappa shape index (κ3) is 2.62. The van der Waals surface area contributed by atoms with Crippen molar-refractivity contribution in [2.45, 2.75) is 32.4 Å². The van der Waals surface area contributed by atoms with Crippen LogP contribution in [0.5, 0.6) is 0 Å². The van der Waals surface area contributed by atoms with Crippen molar-refractivity contribution in [2.24, 2.45) is 0 Å². The third-order valence-corrected chi connectivity index (χ3v) is 3.00. The van der Waals surface area contributed by atoms with Crippen LogP contribution in [0.2, 0.25) is 0 Å². The Morgan fingerprint density at radius 1 is 1.41 bits per heavy atom. The summed E-state index contributed by atoms with van der Waals surface area (Å²) in [5, 5.41) is 5.74. The first-order chi connectivity index (χ1) is 7.87. The second kappa shape index (κ2) is 4.09. The monoisotopic (exact) mass is 240 g/mol. The fourth-order valence-electron chi connectivity index (χ4n) is 2.19. The lowest BCUT2D eigenvalue weighted by molar-refractivity contribution is 0.126. The maximum absolute atomic E-state index is 12.0. The van der Waals surface area contributed by atoms with E-state index in [0.29, 0.717) is 26.2 Å². The highest BCUT2D eigenvalue weighted by molar-refractivity contribution is 5.79. The van der Waals surface area contributed by atoms with E-state index >= 15 is 0 Å². The SMILES string of the molecule is CC(C)(C)NC(=O)N1CCN2C(=O)NCC2C1. The van der Waals surface area contributed by atoms with Gasteiger partial charge in [-0.1, -0.05) is 0 Å². The maximum Gasteiger partial charge on any atom is 0.317 e. The average molecular weight is 240 g/mol. The molecule has 2 saturated heterocycles. The topological polar surface area (TPSA) is 64.7 Å². The Labute approximate surface area is 101 Å². The number of hydrogen-bond donors (Lipinski definition) is 2. The van der Waals surface area contributed by atoms with Crippen LogP contribution in [-0.4, -0.2) is 59.6 Å². The van der Waals surface area contributed by atoms with Crippen LogP contribution in [0.25, 0.3) is 0 Å². The van der Waals surface area contributed by atoms with Crippen LogP contribution >= 0.6 is 0 Å². The predicted molar refractivity (Wildman–Crippen MR) is 63.8 cm³/mol. The molecule has 0 saturated carbocycles. The molecule has 0 radical (unpaired) electrons. The second-order valence-corrected chi connectivity index (χ2v) is 5.66. The van der Waals surface area contributed by atoms with Gasteiger partial charge in [-0.05, 0) is 20.8 Å². The Bertz CT molecular complexity index is 337. The minimum absolute atomic E-state index is 0.00844. The molecule has 4 amide bonds. The number of carbonyl (C=O) groups excluding carboxylic acids is 2. The molecule has 0 aromatic heterocycles. The van der Waals surface area contributed by atoms with Gasteiger partial charge >= 0.3 is 12.1 Å². The molecule has 2 heterocycles. The molecule has 0 bridgehead atoms. The number of hydrogen-bond acceptors (Lipinski definition) is 2. The first-order valence-electron chi connectivity index (χ1n) is 5.98. The molecule has 1 atom stereocenters. The molecule has 2 N–H and O–H groups in total. The van der Waals surface area contributed by atoms with Gasteiger partial charge in [0.2, 0.25) is 0 Å². The number of urea groups is 2. The van der Waals surface area contributed by atoms with Gasteiger partial charge in [-0.2, -0.15) is 0 Å². The van der Waals surface area contributed by atoms with Crippen molar-refractivity contribution < 1.29 is 9.59 Å². The van der Waals surface area contributed by atoms with Crippen molar-refractivity contribution in [3.63, 3.8) is 0 Å². The van der Waals surface area contributed by atoms with Crippen molar-refractivity contribution in [1.29, 1.82) is 0 Å². The summed E-state index contributed by atoms with van der Waals surface area (Å²) in [7, 11) is 0. The largest absolute Gasteiger partial charge is 0.336 e. The normalized spacial score (nSPS) is 24.4. The number of piperazine rings is 1. The summed E-state index contributed by atoms with van der Waals surface area (Å²) in [5.74, 6) is 0. The van der Waals surface area contributed by atoms with E-state index in [4.69, 9.17) is 0 Å². The van der Waals surface area contributed by atoms with E-state index in [2.05, 4.69) is 10.6 Å². The number of carbonyl (C=O) groups is 2. The predicted octanol–water partition coefficient (Wildman–Crippen LogP) is 0.204. The zero-order valence-electron chi connectivity index (χ0n) is 10.6. The lowest BCUT2D eigenvalue weighted by Crippen LogP contribution is -2.58. The smallest absolute Gasteiger partial charge is 0.317 e. The summed E-state index contributed by atoms with van der Waals surface area (Å²) in [5.41, 5.74) is -0.224. The fraction of sp³-hybridized carbons (Fsp3) is 0.818. The van der Waals surface area contributed by atoms with Gasteiger partial charge in [0.1, 0.15) is 0 Å². The van der Waals surface area contributed by atoms with Gasteiger partial charge in [0.25, 0.3) is 0 Å². The minimum atomic E-state index is -0.224. The van der Waals surface area contributed by atoms with Gasteiger partial charge in [-0.25, -0.2) is 9.59 Å². The van der Waals surface area contributed by atoms with Crippen LogP contribution in [0.1, 0.15) is 20.8 Å². The molecule has 2 fully saturated rings. The van der Waals surface area contributed by atoms with Crippen molar-refractivity contribution in [3.05, 3.63) is 0 Å². The number of nitrogens with zero attached hydrogens (tertiary/aromatic N) is 2. The molecule has 1 unspecified atom stereocenters. The van der Waals surface area contributed by atoms with E-state index in [1.165, 1.54) is 0 Å². The van der Waals surface area contributed by atoms with Crippen LogP contribution in [0.15, 0.2) is 0 Å². The zero-order chi connectivity index (χ0) is 12.6. The number of fused-ring (bicyclic) bond motifs is 1. The molecule has 2 rings (SSSR count).